The van der Waals surface area contributed by atoms with Crippen LogP contribution in [0.1, 0.15) is 23.1 Å². The van der Waals surface area contributed by atoms with Crippen LogP contribution < -0.4 is 5.32 Å². The van der Waals surface area contributed by atoms with Crippen molar-refractivity contribution in [3.63, 3.8) is 0 Å². The largest absolute Gasteiger partial charge is 0.371 e. The second kappa shape index (κ2) is 9.42. The molecule has 8 heteroatoms. The Hall–Kier alpha value is -2.37. The Kier molecular flexibility index (Phi) is 7.44. The van der Waals surface area contributed by atoms with Crippen molar-refractivity contribution in [2.45, 2.75) is 33.2 Å². The highest BCUT2D eigenvalue weighted by Gasteiger charge is 2.31. The second-order valence-electron chi connectivity index (χ2n) is 7.98. The van der Waals surface area contributed by atoms with Crippen molar-refractivity contribution in [1.29, 1.82) is 5.26 Å². The van der Waals surface area contributed by atoms with Crippen molar-refractivity contribution in [2.75, 3.05) is 44.0 Å². The van der Waals surface area contributed by atoms with Gasteiger partial charge in [0.15, 0.2) is 9.84 Å². The standard InChI is InChI=1S/C21H30N4O3S/c1-15-10-16(2)20(17(3)11-15)23-21(26)18(12-22)13-25(8-7-24(4)5)19-6-9-29(27,28)14-19/h10-11,13,19H,6-9,14H2,1-5H3,(H,23,26)/b18-13-. The molecule has 0 aromatic heterocycles. The molecule has 0 radical (unpaired) electrons. The number of rotatable bonds is 7. The Bertz CT molecular complexity index is 922. The van der Waals surface area contributed by atoms with E-state index in [4.69, 9.17) is 0 Å². The van der Waals surface area contributed by atoms with Gasteiger partial charge in [0.05, 0.1) is 11.5 Å². The second-order valence-corrected chi connectivity index (χ2v) is 10.2. The number of nitriles is 1. The average Bonchev–Trinajstić information content (AvgIpc) is 2.97. The van der Waals surface area contributed by atoms with Gasteiger partial charge in [-0.2, -0.15) is 5.26 Å². The molecule has 0 saturated carbocycles. The van der Waals surface area contributed by atoms with Gasteiger partial charge < -0.3 is 15.1 Å². The summed E-state index contributed by atoms with van der Waals surface area (Å²) in [5.74, 6) is -0.300. The van der Waals surface area contributed by atoms with Gasteiger partial charge in [-0.05, 0) is 52.4 Å². The first-order valence-corrected chi connectivity index (χ1v) is 11.5. The molecule has 1 N–H and O–H groups in total. The predicted molar refractivity (Wildman–Crippen MR) is 115 cm³/mol. The number of aryl methyl sites for hydroxylation is 3. The topological polar surface area (TPSA) is 93.5 Å². The maximum atomic E-state index is 12.8. The number of hydrogen-bond donors (Lipinski definition) is 1. The van der Waals surface area contributed by atoms with E-state index < -0.39 is 15.7 Å². The van der Waals surface area contributed by atoms with Gasteiger partial charge in [-0.15, -0.1) is 0 Å². The first-order chi connectivity index (χ1) is 13.5. The summed E-state index contributed by atoms with van der Waals surface area (Å²) in [6, 6.07) is 5.71. The van der Waals surface area contributed by atoms with Crippen LogP contribution in [0.5, 0.6) is 0 Å². The van der Waals surface area contributed by atoms with Crippen LogP contribution in [-0.2, 0) is 14.6 Å². The van der Waals surface area contributed by atoms with Crippen LogP contribution in [-0.4, -0.2) is 68.9 Å². The average molecular weight is 419 g/mol. The van der Waals surface area contributed by atoms with Crippen LogP contribution in [0.2, 0.25) is 0 Å². The third-order valence-electron chi connectivity index (χ3n) is 5.06. The van der Waals surface area contributed by atoms with Crippen molar-refractivity contribution < 1.29 is 13.2 Å². The molecule has 1 fully saturated rings. The fraction of sp³-hybridized carbons (Fsp3) is 0.524. The molecule has 7 nitrogen and oxygen atoms in total. The van der Waals surface area contributed by atoms with E-state index >= 15 is 0 Å². The Morgan fingerprint density at radius 2 is 1.86 bits per heavy atom. The molecular weight excluding hydrogens is 388 g/mol. The third kappa shape index (κ3) is 6.31. The molecular formula is C21H30N4O3S. The molecule has 1 aromatic rings. The monoisotopic (exact) mass is 418 g/mol. The lowest BCUT2D eigenvalue weighted by Crippen LogP contribution is -2.37. The Morgan fingerprint density at radius 1 is 1.24 bits per heavy atom. The number of hydrogen-bond acceptors (Lipinski definition) is 6. The predicted octanol–water partition coefficient (Wildman–Crippen LogP) is 2.01. The van der Waals surface area contributed by atoms with E-state index in [2.05, 4.69) is 5.32 Å². The van der Waals surface area contributed by atoms with E-state index in [0.717, 1.165) is 16.7 Å². The van der Waals surface area contributed by atoms with Crippen molar-refractivity contribution >= 4 is 21.4 Å². The molecule has 1 unspecified atom stereocenters. The molecule has 0 spiro atoms. The lowest BCUT2D eigenvalue weighted by atomic mass is 10.0. The van der Waals surface area contributed by atoms with Gasteiger partial charge in [-0.1, -0.05) is 17.7 Å². The normalized spacial score (nSPS) is 18.5. The van der Waals surface area contributed by atoms with Gasteiger partial charge in [0, 0.05) is 31.0 Å². The van der Waals surface area contributed by atoms with Gasteiger partial charge in [0.25, 0.3) is 5.91 Å². The number of carbonyl (C=O) groups excluding carboxylic acids is 1. The number of nitrogens with one attached hydrogen (secondary N) is 1. The quantitative estimate of drug-likeness (QED) is 0.538. The van der Waals surface area contributed by atoms with Gasteiger partial charge in [-0.25, -0.2) is 8.42 Å². The first kappa shape index (κ1) is 22.9. The molecule has 1 atom stereocenters. The van der Waals surface area contributed by atoms with E-state index in [0.29, 0.717) is 25.2 Å². The highest BCUT2D eigenvalue weighted by molar-refractivity contribution is 7.91. The summed E-state index contributed by atoms with van der Waals surface area (Å²) in [4.78, 5) is 16.6. The zero-order valence-corrected chi connectivity index (χ0v) is 18.6. The Morgan fingerprint density at radius 3 is 2.34 bits per heavy atom. The summed E-state index contributed by atoms with van der Waals surface area (Å²) in [5, 5.41) is 12.4. The van der Waals surface area contributed by atoms with Gasteiger partial charge in [-0.3, -0.25) is 4.79 Å². The van der Waals surface area contributed by atoms with Crippen molar-refractivity contribution in [2.24, 2.45) is 0 Å². The molecule has 1 aliphatic heterocycles. The summed E-state index contributed by atoms with van der Waals surface area (Å²) < 4.78 is 23.8. The maximum Gasteiger partial charge on any atom is 0.267 e. The highest BCUT2D eigenvalue weighted by Crippen LogP contribution is 2.23. The van der Waals surface area contributed by atoms with E-state index in [9.17, 15) is 18.5 Å². The van der Waals surface area contributed by atoms with Crippen LogP contribution in [0.4, 0.5) is 5.69 Å². The lowest BCUT2D eigenvalue weighted by Gasteiger charge is -2.28. The number of carbonyl (C=O) groups is 1. The molecule has 2 rings (SSSR count). The Balaban J connectivity index is 2.27. The molecule has 0 bridgehead atoms. The summed E-state index contributed by atoms with van der Waals surface area (Å²) in [7, 11) is 0.776. The smallest absolute Gasteiger partial charge is 0.267 e. The SMILES string of the molecule is Cc1cc(C)c(NC(=O)/C(C#N)=C\N(CCN(C)C)C2CCS(=O)(=O)C2)c(C)c1. The summed E-state index contributed by atoms with van der Waals surface area (Å²) in [6.45, 7) is 7.04. The molecule has 1 saturated heterocycles. The molecule has 0 aliphatic carbocycles. The van der Waals surface area contributed by atoms with Gasteiger partial charge >= 0.3 is 0 Å². The number of anilines is 1. The first-order valence-electron chi connectivity index (χ1n) is 9.64. The molecule has 29 heavy (non-hydrogen) atoms. The van der Waals surface area contributed by atoms with Crippen LogP contribution in [0.3, 0.4) is 0 Å². The van der Waals surface area contributed by atoms with E-state index in [1.165, 1.54) is 6.20 Å². The fourth-order valence-corrected chi connectivity index (χ4v) is 5.31. The zero-order valence-electron chi connectivity index (χ0n) is 17.8. The van der Waals surface area contributed by atoms with Crippen LogP contribution in [0, 0.1) is 32.1 Å². The molecule has 1 aromatic carbocycles. The number of likely N-dealkylation sites (N-methyl/N-ethyl adjacent to an activating group) is 1. The zero-order chi connectivity index (χ0) is 21.8. The number of benzene rings is 1. The minimum absolute atomic E-state index is 0.0348. The summed E-state index contributed by atoms with van der Waals surface area (Å²) >= 11 is 0. The van der Waals surface area contributed by atoms with Crippen molar-refractivity contribution in [3.05, 3.63) is 40.6 Å². The third-order valence-corrected chi connectivity index (χ3v) is 6.81. The minimum Gasteiger partial charge on any atom is -0.371 e. The number of sulfone groups is 1. The number of amides is 1. The lowest BCUT2D eigenvalue weighted by molar-refractivity contribution is -0.112. The molecule has 1 amide bonds. The summed E-state index contributed by atoms with van der Waals surface area (Å²) in [6.07, 6.45) is 2.02. The fourth-order valence-electron chi connectivity index (χ4n) is 3.57. The molecule has 1 aliphatic rings. The van der Waals surface area contributed by atoms with Crippen LogP contribution in [0.15, 0.2) is 23.9 Å². The van der Waals surface area contributed by atoms with Crippen LogP contribution in [0.25, 0.3) is 0 Å². The minimum atomic E-state index is -3.07. The van der Waals surface area contributed by atoms with Crippen molar-refractivity contribution in [3.8, 4) is 6.07 Å². The van der Waals surface area contributed by atoms with E-state index in [-0.39, 0.29) is 23.1 Å². The van der Waals surface area contributed by atoms with Crippen LogP contribution >= 0.6 is 0 Å². The van der Waals surface area contributed by atoms with E-state index in [1.807, 2.05) is 62.9 Å². The summed E-state index contributed by atoms with van der Waals surface area (Å²) in [5.41, 5.74) is 3.63. The molecule has 1 heterocycles. The number of nitrogens with zero attached hydrogens (tertiary/aromatic N) is 3. The maximum absolute atomic E-state index is 12.8. The van der Waals surface area contributed by atoms with Crippen molar-refractivity contribution in [1.82, 2.24) is 9.80 Å². The molecule has 158 valence electrons. The van der Waals surface area contributed by atoms with Gasteiger partial charge in [0.1, 0.15) is 11.6 Å². The van der Waals surface area contributed by atoms with Gasteiger partial charge in [0.2, 0.25) is 0 Å². The Labute approximate surface area is 173 Å². The highest BCUT2D eigenvalue weighted by atomic mass is 32.2. The van der Waals surface area contributed by atoms with E-state index in [1.54, 1.807) is 0 Å².